The first-order valence-corrected chi connectivity index (χ1v) is 8.33. The molecule has 0 amide bonds. The van der Waals surface area contributed by atoms with Crippen molar-refractivity contribution in [1.82, 2.24) is 0 Å². The fraction of sp³-hybridized carbons (Fsp3) is 0.238. The zero-order chi connectivity index (χ0) is 21.0. The Labute approximate surface area is 158 Å². The third-order valence-corrected chi connectivity index (χ3v) is 3.07. The average molecular weight is 372 g/mol. The van der Waals surface area contributed by atoms with Gasteiger partial charge in [0.2, 0.25) is 0 Å². The lowest BCUT2D eigenvalue weighted by Gasteiger charge is -1.99. The fourth-order valence-corrected chi connectivity index (χ4v) is 1.95. The van der Waals surface area contributed by atoms with Crippen molar-refractivity contribution in [1.29, 1.82) is 0 Å². The van der Waals surface area contributed by atoms with Gasteiger partial charge in [-0.05, 0) is 26.0 Å². The van der Waals surface area contributed by atoms with E-state index < -0.39 is 11.9 Å². The number of Topliss-reactive ketones (excluding diaryl/α,β-unsaturated/α-hetero) is 2. The minimum absolute atomic E-state index is 0.0602. The van der Waals surface area contributed by atoms with Crippen LogP contribution in [0, 0.1) is 0 Å². The van der Waals surface area contributed by atoms with Crippen LogP contribution in [0.1, 0.15) is 75.5 Å². The molecule has 0 aliphatic carbocycles. The molecule has 0 unspecified atom stereocenters. The maximum absolute atomic E-state index is 10.9. The van der Waals surface area contributed by atoms with Gasteiger partial charge in [0.1, 0.15) is 0 Å². The molecule has 2 aromatic carbocycles. The van der Waals surface area contributed by atoms with Crippen molar-refractivity contribution in [3.63, 3.8) is 0 Å². The number of carboxylic acid groups (broad SMARTS) is 2. The molecule has 2 rings (SSSR count). The van der Waals surface area contributed by atoms with E-state index in [4.69, 9.17) is 10.2 Å². The number of carbonyl (C=O) groups excluding carboxylic acids is 2. The third kappa shape index (κ3) is 8.09. The maximum atomic E-state index is 10.9. The Hall–Kier alpha value is -3.28. The molecular formula is C21H24O6. The first-order valence-electron chi connectivity index (χ1n) is 8.33. The lowest BCUT2D eigenvalue weighted by atomic mass is 10.1. The summed E-state index contributed by atoms with van der Waals surface area (Å²) in [5.41, 5.74) is 0.630. The highest BCUT2D eigenvalue weighted by atomic mass is 16.4. The molecule has 0 saturated heterocycles. The molecule has 0 aliphatic heterocycles. The van der Waals surface area contributed by atoms with E-state index in [9.17, 15) is 19.2 Å². The first kappa shape index (κ1) is 23.7. The van der Waals surface area contributed by atoms with Crippen LogP contribution in [0.4, 0.5) is 0 Å². The van der Waals surface area contributed by atoms with E-state index in [1.54, 1.807) is 24.3 Å². The zero-order valence-corrected chi connectivity index (χ0v) is 15.9. The van der Waals surface area contributed by atoms with Crippen molar-refractivity contribution >= 4 is 23.5 Å². The number of benzene rings is 2. The number of hydrogen-bond acceptors (Lipinski definition) is 4. The van der Waals surface area contributed by atoms with Crippen molar-refractivity contribution < 1.29 is 29.4 Å². The highest BCUT2D eigenvalue weighted by molar-refractivity contribution is 6.05. The second kappa shape index (κ2) is 12.1. The Bertz CT molecular complexity index is 674. The van der Waals surface area contributed by atoms with Crippen molar-refractivity contribution in [2.45, 2.75) is 34.1 Å². The van der Waals surface area contributed by atoms with Crippen LogP contribution in [0.3, 0.4) is 0 Å². The highest BCUT2D eigenvalue weighted by Crippen LogP contribution is 2.09. The van der Waals surface area contributed by atoms with Crippen LogP contribution in [-0.2, 0) is 0 Å². The summed E-state index contributed by atoms with van der Waals surface area (Å²) in [6.45, 7) is 6.95. The first-order chi connectivity index (χ1) is 12.7. The molecule has 6 heteroatoms. The van der Waals surface area contributed by atoms with E-state index in [0.717, 1.165) is 0 Å². The molecule has 0 atom stereocenters. The van der Waals surface area contributed by atoms with Gasteiger partial charge in [0, 0.05) is 11.1 Å². The molecule has 0 radical (unpaired) electrons. The molecule has 144 valence electrons. The van der Waals surface area contributed by atoms with Gasteiger partial charge >= 0.3 is 11.9 Å². The standard InChI is InChI=1S/2C9H8O3.C3H8/c2*1-6(10)7-4-2-3-5-8(7)9(11)12;1-3-2/h2*2-5H,1H3,(H,11,12);3H2,1-2H3. The smallest absolute Gasteiger partial charge is 0.336 e. The maximum Gasteiger partial charge on any atom is 0.336 e. The molecule has 2 aromatic rings. The predicted molar refractivity (Wildman–Crippen MR) is 103 cm³/mol. The Morgan fingerprint density at radius 1 is 0.630 bits per heavy atom. The van der Waals surface area contributed by atoms with Gasteiger partial charge in [-0.3, -0.25) is 9.59 Å². The molecule has 6 nitrogen and oxygen atoms in total. The summed E-state index contributed by atoms with van der Waals surface area (Å²) >= 11 is 0. The van der Waals surface area contributed by atoms with Crippen LogP contribution in [-0.4, -0.2) is 33.7 Å². The SMILES string of the molecule is CC(=O)c1ccccc1C(=O)O.CC(=O)c1ccccc1C(=O)O.CCC. The van der Waals surface area contributed by atoms with Crippen LogP contribution >= 0.6 is 0 Å². The number of carboxylic acids is 2. The van der Waals surface area contributed by atoms with Gasteiger partial charge < -0.3 is 10.2 Å². The Morgan fingerprint density at radius 2 is 0.852 bits per heavy atom. The average Bonchev–Trinajstić information content (AvgIpc) is 2.62. The summed E-state index contributed by atoms with van der Waals surface area (Å²) in [7, 11) is 0. The Kier molecular flexibility index (Phi) is 10.7. The van der Waals surface area contributed by atoms with Gasteiger partial charge in [-0.25, -0.2) is 9.59 Å². The Morgan fingerprint density at radius 3 is 1.00 bits per heavy atom. The molecular weight excluding hydrogens is 348 g/mol. The van der Waals surface area contributed by atoms with E-state index >= 15 is 0 Å². The van der Waals surface area contributed by atoms with E-state index in [1.165, 1.54) is 44.5 Å². The third-order valence-electron chi connectivity index (χ3n) is 3.07. The summed E-state index contributed by atoms with van der Waals surface area (Å²) in [5, 5.41) is 17.3. The largest absolute Gasteiger partial charge is 0.478 e. The zero-order valence-electron chi connectivity index (χ0n) is 15.9. The number of aromatic carboxylic acids is 2. The summed E-state index contributed by atoms with van der Waals surface area (Å²) in [6.07, 6.45) is 1.25. The van der Waals surface area contributed by atoms with Gasteiger partial charge in [-0.15, -0.1) is 0 Å². The van der Waals surface area contributed by atoms with E-state index in [2.05, 4.69) is 13.8 Å². The van der Waals surface area contributed by atoms with Crippen LogP contribution < -0.4 is 0 Å². The van der Waals surface area contributed by atoms with Crippen molar-refractivity contribution in [3.8, 4) is 0 Å². The lowest BCUT2D eigenvalue weighted by Crippen LogP contribution is -2.05. The molecule has 0 fully saturated rings. The monoisotopic (exact) mass is 372 g/mol. The van der Waals surface area contributed by atoms with Gasteiger partial charge in [-0.2, -0.15) is 0 Å². The summed E-state index contributed by atoms with van der Waals surface area (Å²) in [5.74, 6) is -2.59. The van der Waals surface area contributed by atoms with Crippen LogP contribution in [0.5, 0.6) is 0 Å². The molecule has 0 saturated carbocycles. The normalized spacial score (nSPS) is 9.04. The fourth-order valence-electron chi connectivity index (χ4n) is 1.95. The van der Waals surface area contributed by atoms with Crippen molar-refractivity contribution in [3.05, 3.63) is 70.8 Å². The molecule has 0 heterocycles. The summed E-state index contributed by atoms with van der Waals surface area (Å²) in [4.78, 5) is 43.0. The van der Waals surface area contributed by atoms with Gasteiger partial charge in [0.15, 0.2) is 11.6 Å². The van der Waals surface area contributed by atoms with Crippen LogP contribution in [0.15, 0.2) is 48.5 Å². The summed E-state index contributed by atoms with van der Waals surface area (Å²) in [6, 6.07) is 12.3. The second-order valence-corrected chi connectivity index (χ2v) is 5.52. The van der Waals surface area contributed by atoms with E-state index in [-0.39, 0.29) is 33.8 Å². The highest BCUT2D eigenvalue weighted by Gasteiger charge is 2.12. The molecule has 0 bridgehead atoms. The molecule has 0 aliphatic rings. The Balaban J connectivity index is 0.000000438. The molecule has 2 N–H and O–H groups in total. The second-order valence-electron chi connectivity index (χ2n) is 5.52. The van der Waals surface area contributed by atoms with Crippen LogP contribution in [0.25, 0.3) is 0 Å². The number of ketones is 2. The van der Waals surface area contributed by atoms with E-state index in [0.29, 0.717) is 0 Å². The van der Waals surface area contributed by atoms with Gasteiger partial charge in [-0.1, -0.05) is 56.7 Å². The molecule has 0 spiro atoms. The minimum atomic E-state index is -1.07. The number of hydrogen-bond donors (Lipinski definition) is 2. The minimum Gasteiger partial charge on any atom is -0.478 e. The lowest BCUT2D eigenvalue weighted by molar-refractivity contribution is 0.0683. The van der Waals surface area contributed by atoms with Crippen LogP contribution in [0.2, 0.25) is 0 Å². The van der Waals surface area contributed by atoms with Gasteiger partial charge in [0.25, 0.3) is 0 Å². The van der Waals surface area contributed by atoms with Crippen molar-refractivity contribution in [2.24, 2.45) is 0 Å². The molecule has 0 aromatic heterocycles. The topological polar surface area (TPSA) is 109 Å². The number of carbonyl (C=O) groups is 4. The molecule has 27 heavy (non-hydrogen) atoms. The summed E-state index contributed by atoms with van der Waals surface area (Å²) < 4.78 is 0. The number of rotatable bonds is 4. The van der Waals surface area contributed by atoms with Gasteiger partial charge in [0.05, 0.1) is 11.1 Å². The van der Waals surface area contributed by atoms with Crippen molar-refractivity contribution in [2.75, 3.05) is 0 Å². The van der Waals surface area contributed by atoms with E-state index in [1.807, 2.05) is 0 Å². The quantitative estimate of drug-likeness (QED) is 0.760. The predicted octanol–water partition coefficient (Wildman–Crippen LogP) is 4.59.